The molecule has 1 heterocycles. The summed E-state index contributed by atoms with van der Waals surface area (Å²) >= 11 is 5.88. The van der Waals surface area contributed by atoms with Gasteiger partial charge in [-0.15, -0.1) is 0 Å². The number of aromatic nitrogens is 1. The topological polar surface area (TPSA) is 71.1 Å². The molecule has 114 valence electrons. The predicted octanol–water partition coefficient (Wildman–Crippen LogP) is 2.51. The number of nitrogens with zero attached hydrogens (tertiary/aromatic N) is 1. The molecule has 2 rings (SSSR count). The third kappa shape index (κ3) is 4.13. The van der Waals surface area contributed by atoms with Gasteiger partial charge in [0.25, 0.3) is 0 Å². The van der Waals surface area contributed by atoms with E-state index in [2.05, 4.69) is 15.6 Å². The van der Waals surface area contributed by atoms with Crippen molar-refractivity contribution in [2.45, 2.75) is 6.92 Å². The van der Waals surface area contributed by atoms with Gasteiger partial charge in [-0.2, -0.15) is 0 Å². The van der Waals surface area contributed by atoms with Crippen LogP contribution in [0.2, 0.25) is 5.15 Å². The molecule has 1 aromatic carbocycles. The van der Waals surface area contributed by atoms with Gasteiger partial charge in [0.2, 0.25) is 11.7 Å². The van der Waals surface area contributed by atoms with Gasteiger partial charge in [0.05, 0.1) is 12.2 Å². The van der Waals surface area contributed by atoms with Crippen LogP contribution in [-0.4, -0.2) is 29.8 Å². The molecule has 0 fully saturated rings. The van der Waals surface area contributed by atoms with Crippen LogP contribution in [0.25, 0.3) is 0 Å². The van der Waals surface area contributed by atoms with Gasteiger partial charge in [-0.05, 0) is 18.7 Å². The predicted molar refractivity (Wildman–Crippen MR) is 86.3 cm³/mol. The highest BCUT2D eigenvalue weighted by molar-refractivity contribution is 6.30. The number of anilines is 1. The van der Waals surface area contributed by atoms with Crippen molar-refractivity contribution in [1.29, 1.82) is 0 Å². The summed E-state index contributed by atoms with van der Waals surface area (Å²) in [4.78, 5) is 28.4. The summed E-state index contributed by atoms with van der Waals surface area (Å²) in [5.41, 5.74) is 0.962. The number of halogens is 1. The lowest BCUT2D eigenvalue weighted by molar-refractivity contribution is -0.115. The minimum atomic E-state index is -0.290. The summed E-state index contributed by atoms with van der Waals surface area (Å²) < 4.78 is 0. The second-order valence-corrected chi connectivity index (χ2v) is 4.94. The highest BCUT2D eigenvalue weighted by Gasteiger charge is 2.17. The monoisotopic (exact) mass is 317 g/mol. The molecule has 1 aromatic heterocycles. The summed E-state index contributed by atoms with van der Waals surface area (Å²) in [6.07, 6.45) is 0. The van der Waals surface area contributed by atoms with Crippen molar-refractivity contribution in [3.8, 4) is 0 Å². The van der Waals surface area contributed by atoms with Crippen molar-refractivity contribution in [1.82, 2.24) is 10.3 Å². The first-order valence-corrected chi connectivity index (χ1v) is 7.26. The maximum atomic E-state index is 12.5. The first-order chi connectivity index (χ1) is 10.6. The smallest absolute Gasteiger partial charge is 0.238 e. The Morgan fingerprint density at radius 1 is 1.14 bits per heavy atom. The zero-order valence-electron chi connectivity index (χ0n) is 12.1. The lowest BCUT2D eigenvalue weighted by Crippen LogP contribution is -2.28. The Hall–Kier alpha value is -2.24. The third-order valence-corrected chi connectivity index (χ3v) is 3.13. The van der Waals surface area contributed by atoms with E-state index in [0.29, 0.717) is 17.8 Å². The van der Waals surface area contributed by atoms with Crippen LogP contribution < -0.4 is 10.6 Å². The van der Waals surface area contributed by atoms with Gasteiger partial charge in [-0.3, -0.25) is 9.59 Å². The molecule has 2 N–H and O–H groups in total. The lowest BCUT2D eigenvalue weighted by Gasteiger charge is -2.10. The fourth-order valence-electron chi connectivity index (χ4n) is 1.87. The summed E-state index contributed by atoms with van der Waals surface area (Å²) in [7, 11) is 0. The van der Waals surface area contributed by atoms with Crippen LogP contribution in [0, 0.1) is 0 Å². The van der Waals surface area contributed by atoms with Crippen LogP contribution in [0.4, 0.5) is 5.69 Å². The van der Waals surface area contributed by atoms with Crippen molar-refractivity contribution in [2.24, 2.45) is 0 Å². The van der Waals surface area contributed by atoms with E-state index in [-0.39, 0.29) is 29.1 Å². The van der Waals surface area contributed by atoms with Gasteiger partial charge < -0.3 is 10.6 Å². The van der Waals surface area contributed by atoms with Crippen LogP contribution in [0.5, 0.6) is 0 Å². The van der Waals surface area contributed by atoms with Gasteiger partial charge in [-0.25, -0.2) is 4.98 Å². The Morgan fingerprint density at radius 3 is 2.55 bits per heavy atom. The average molecular weight is 318 g/mol. The molecule has 2 aromatic rings. The number of hydrogen-bond acceptors (Lipinski definition) is 4. The fraction of sp³-hybridized carbons (Fsp3) is 0.188. The molecule has 0 aliphatic rings. The Balaban J connectivity index is 2.28. The Labute approximate surface area is 133 Å². The Kier molecular flexibility index (Phi) is 5.63. The molecule has 1 amide bonds. The highest BCUT2D eigenvalue weighted by Crippen LogP contribution is 2.20. The number of pyridine rings is 1. The summed E-state index contributed by atoms with van der Waals surface area (Å²) in [6.45, 7) is 2.75. The number of benzene rings is 1. The maximum absolute atomic E-state index is 12.5. The second-order valence-electron chi connectivity index (χ2n) is 4.55. The van der Waals surface area contributed by atoms with Crippen molar-refractivity contribution >= 4 is 29.0 Å². The number of hydrogen-bond donors (Lipinski definition) is 2. The third-order valence-electron chi connectivity index (χ3n) is 2.92. The van der Waals surface area contributed by atoms with Gasteiger partial charge in [0.1, 0.15) is 10.8 Å². The quantitative estimate of drug-likeness (QED) is 0.634. The second kappa shape index (κ2) is 7.68. The molecule has 0 unspecified atom stereocenters. The molecule has 6 heteroatoms. The van der Waals surface area contributed by atoms with Crippen molar-refractivity contribution in [2.75, 3.05) is 18.4 Å². The standard InChI is InChI=1S/C16H16ClN3O2/c1-2-18-10-14(21)19-12-8-9-13(17)20-15(12)16(22)11-6-4-3-5-7-11/h3-9,18H,2,10H2,1H3,(H,19,21). The van der Waals surface area contributed by atoms with Crippen LogP contribution in [0.15, 0.2) is 42.5 Å². The largest absolute Gasteiger partial charge is 0.323 e. The van der Waals surface area contributed by atoms with Crippen molar-refractivity contribution in [3.63, 3.8) is 0 Å². The zero-order chi connectivity index (χ0) is 15.9. The first kappa shape index (κ1) is 16.1. The van der Waals surface area contributed by atoms with E-state index in [1.54, 1.807) is 30.3 Å². The maximum Gasteiger partial charge on any atom is 0.238 e. The van der Waals surface area contributed by atoms with E-state index in [1.807, 2.05) is 13.0 Å². The van der Waals surface area contributed by atoms with Crippen molar-refractivity contribution < 1.29 is 9.59 Å². The molecule has 0 saturated carbocycles. The molecule has 0 saturated heterocycles. The van der Waals surface area contributed by atoms with E-state index in [1.165, 1.54) is 6.07 Å². The Bertz CT molecular complexity index is 674. The highest BCUT2D eigenvalue weighted by atomic mass is 35.5. The number of likely N-dealkylation sites (N-methyl/N-ethyl adjacent to an activating group) is 1. The molecular weight excluding hydrogens is 302 g/mol. The minimum Gasteiger partial charge on any atom is -0.323 e. The molecule has 22 heavy (non-hydrogen) atoms. The Morgan fingerprint density at radius 2 is 1.86 bits per heavy atom. The van der Waals surface area contributed by atoms with Gasteiger partial charge in [0.15, 0.2) is 0 Å². The summed E-state index contributed by atoms with van der Waals surface area (Å²) in [6, 6.07) is 11.8. The minimum absolute atomic E-state index is 0.128. The fourth-order valence-corrected chi connectivity index (χ4v) is 2.02. The lowest BCUT2D eigenvalue weighted by atomic mass is 10.1. The van der Waals surface area contributed by atoms with Gasteiger partial charge >= 0.3 is 0 Å². The van der Waals surface area contributed by atoms with Crippen LogP contribution in [-0.2, 0) is 4.79 Å². The molecule has 5 nitrogen and oxygen atoms in total. The van der Waals surface area contributed by atoms with Crippen LogP contribution >= 0.6 is 11.6 Å². The number of ketones is 1. The van der Waals surface area contributed by atoms with E-state index >= 15 is 0 Å². The molecule has 0 spiro atoms. The molecule has 0 atom stereocenters. The van der Waals surface area contributed by atoms with E-state index in [9.17, 15) is 9.59 Å². The molecule has 0 bridgehead atoms. The SMILES string of the molecule is CCNCC(=O)Nc1ccc(Cl)nc1C(=O)c1ccccc1. The average Bonchev–Trinajstić information content (AvgIpc) is 2.54. The first-order valence-electron chi connectivity index (χ1n) is 6.88. The van der Waals surface area contributed by atoms with Gasteiger partial charge in [-0.1, -0.05) is 48.9 Å². The van der Waals surface area contributed by atoms with E-state index in [4.69, 9.17) is 11.6 Å². The number of nitrogens with one attached hydrogen (secondary N) is 2. The number of carbonyl (C=O) groups is 2. The summed E-state index contributed by atoms with van der Waals surface area (Å²) in [5.74, 6) is -0.532. The van der Waals surface area contributed by atoms with E-state index in [0.717, 1.165) is 0 Å². The normalized spacial score (nSPS) is 10.3. The molecule has 0 aliphatic carbocycles. The van der Waals surface area contributed by atoms with Gasteiger partial charge in [0, 0.05) is 5.56 Å². The van der Waals surface area contributed by atoms with Crippen LogP contribution in [0.1, 0.15) is 23.0 Å². The molecular formula is C16H16ClN3O2. The summed E-state index contributed by atoms with van der Waals surface area (Å²) in [5, 5.41) is 5.79. The molecule has 0 aliphatic heterocycles. The number of rotatable bonds is 6. The zero-order valence-corrected chi connectivity index (χ0v) is 12.9. The number of carbonyl (C=O) groups excluding carboxylic acids is 2. The van der Waals surface area contributed by atoms with E-state index < -0.39 is 0 Å². The molecule has 0 radical (unpaired) electrons. The van der Waals surface area contributed by atoms with Crippen molar-refractivity contribution in [3.05, 3.63) is 58.9 Å². The van der Waals surface area contributed by atoms with Crippen LogP contribution in [0.3, 0.4) is 0 Å². The number of amides is 1.